The minimum atomic E-state index is -0.571. The third kappa shape index (κ3) is 5.67. The molecule has 2 aromatic rings. The maximum atomic E-state index is 12.8. The largest absolute Gasteiger partial charge is 0.456 e. The number of nitrogens with zero attached hydrogens (tertiary/aromatic N) is 5. The van der Waals surface area contributed by atoms with Gasteiger partial charge in [-0.25, -0.2) is 4.98 Å². The number of hydrogen-bond acceptors (Lipinski definition) is 7. The van der Waals surface area contributed by atoms with Gasteiger partial charge in [-0.3, -0.25) is 19.0 Å². The topological polar surface area (TPSA) is 129 Å². The van der Waals surface area contributed by atoms with Crippen molar-refractivity contribution in [2.24, 2.45) is 0 Å². The summed E-state index contributed by atoms with van der Waals surface area (Å²) in [6, 6.07) is 11.1. The summed E-state index contributed by atoms with van der Waals surface area (Å²) < 4.78 is 6.76. The number of carbonyl (C=O) groups is 2. The normalized spacial score (nSPS) is 12.7. The van der Waals surface area contributed by atoms with Gasteiger partial charge in [0.15, 0.2) is 6.61 Å². The molecule has 1 heterocycles. The number of benzene rings is 1. The van der Waals surface area contributed by atoms with Crippen LogP contribution in [-0.2, 0) is 20.7 Å². The van der Waals surface area contributed by atoms with Crippen molar-refractivity contribution >= 4 is 22.8 Å². The van der Waals surface area contributed by atoms with E-state index >= 15 is 0 Å². The molecule has 9 nitrogen and oxygen atoms in total. The number of hydrogen-bond donors (Lipinski definition) is 0. The predicted octanol–water partition coefficient (Wildman–Crippen LogP) is 1.86. The van der Waals surface area contributed by atoms with E-state index in [9.17, 15) is 14.4 Å². The van der Waals surface area contributed by atoms with Gasteiger partial charge in [-0.1, -0.05) is 12.1 Å². The average molecular weight is 421 g/mol. The number of ether oxygens (including phenoxy) is 1. The number of aromatic nitrogens is 2. The van der Waals surface area contributed by atoms with E-state index in [1.54, 1.807) is 22.8 Å². The van der Waals surface area contributed by atoms with Crippen LogP contribution in [0.3, 0.4) is 0 Å². The quantitative estimate of drug-likeness (QED) is 0.535. The molecule has 1 saturated carbocycles. The molecule has 31 heavy (non-hydrogen) atoms. The Hall–Kier alpha value is -3.72. The zero-order chi connectivity index (χ0) is 22.2. The van der Waals surface area contributed by atoms with Crippen LogP contribution in [0, 0.1) is 22.7 Å². The van der Waals surface area contributed by atoms with Crippen molar-refractivity contribution in [2.45, 2.75) is 44.6 Å². The molecule has 0 unspecified atom stereocenters. The van der Waals surface area contributed by atoms with Crippen molar-refractivity contribution in [3.05, 3.63) is 40.4 Å². The molecule has 3 rings (SSSR count). The zero-order valence-electron chi connectivity index (χ0n) is 17.1. The zero-order valence-corrected chi connectivity index (χ0v) is 17.1. The van der Waals surface area contributed by atoms with Crippen LogP contribution in [0.2, 0.25) is 0 Å². The van der Waals surface area contributed by atoms with Gasteiger partial charge in [0.2, 0.25) is 0 Å². The van der Waals surface area contributed by atoms with E-state index in [-0.39, 0.29) is 50.4 Å². The molecular weight excluding hydrogens is 398 g/mol. The molecule has 0 aliphatic heterocycles. The number of nitriles is 2. The summed E-state index contributed by atoms with van der Waals surface area (Å²) in [6.07, 6.45) is 2.31. The molecule has 1 aromatic heterocycles. The molecule has 1 fully saturated rings. The van der Waals surface area contributed by atoms with Crippen molar-refractivity contribution in [1.82, 2.24) is 14.5 Å². The molecule has 1 amide bonds. The minimum absolute atomic E-state index is 0.0127. The summed E-state index contributed by atoms with van der Waals surface area (Å²) >= 11 is 0. The van der Waals surface area contributed by atoms with Crippen LogP contribution >= 0.6 is 0 Å². The van der Waals surface area contributed by atoms with Gasteiger partial charge in [0.25, 0.3) is 11.5 Å². The molecule has 9 heteroatoms. The molecule has 0 N–H and O–H groups in total. The van der Waals surface area contributed by atoms with Crippen LogP contribution in [-0.4, -0.2) is 46.0 Å². The summed E-state index contributed by atoms with van der Waals surface area (Å²) in [7, 11) is 0. The highest BCUT2D eigenvalue weighted by Gasteiger charge is 2.28. The molecule has 0 atom stereocenters. The first-order valence-electron chi connectivity index (χ1n) is 10.2. The monoisotopic (exact) mass is 421 g/mol. The summed E-state index contributed by atoms with van der Waals surface area (Å²) in [4.78, 5) is 43.2. The second kappa shape index (κ2) is 10.4. The van der Waals surface area contributed by atoms with E-state index in [2.05, 4.69) is 4.98 Å². The Morgan fingerprint density at radius 2 is 1.84 bits per heavy atom. The minimum Gasteiger partial charge on any atom is -0.456 e. The Labute approximate surface area is 179 Å². The summed E-state index contributed by atoms with van der Waals surface area (Å²) in [5.41, 5.74) is 0.492. The van der Waals surface area contributed by atoms with E-state index < -0.39 is 18.5 Å². The van der Waals surface area contributed by atoms with Crippen LogP contribution in [0.5, 0.6) is 0 Å². The molecular formula is C22H23N5O4. The van der Waals surface area contributed by atoms with Gasteiger partial charge in [-0.15, -0.1) is 0 Å². The lowest BCUT2D eigenvalue weighted by Crippen LogP contribution is -2.36. The lowest BCUT2D eigenvalue weighted by Gasteiger charge is -2.20. The maximum absolute atomic E-state index is 12.8. The maximum Gasteiger partial charge on any atom is 0.306 e. The van der Waals surface area contributed by atoms with Gasteiger partial charge in [0.1, 0.15) is 5.82 Å². The second-order valence-corrected chi connectivity index (χ2v) is 7.31. The fraction of sp³-hybridized carbons (Fsp3) is 0.455. The van der Waals surface area contributed by atoms with Crippen LogP contribution in [0.15, 0.2) is 29.1 Å². The van der Waals surface area contributed by atoms with Crippen molar-refractivity contribution in [3.63, 3.8) is 0 Å². The van der Waals surface area contributed by atoms with E-state index in [0.29, 0.717) is 16.7 Å². The summed E-state index contributed by atoms with van der Waals surface area (Å²) in [6.45, 7) is -0.0806. The summed E-state index contributed by atoms with van der Waals surface area (Å²) in [5, 5.41) is 18.0. The van der Waals surface area contributed by atoms with Gasteiger partial charge in [0.05, 0.1) is 42.3 Å². The Kier molecular flexibility index (Phi) is 7.34. The number of amides is 1. The van der Waals surface area contributed by atoms with E-state index in [4.69, 9.17) is 15.3 Å². The van der Waals surface area contributed by atoms with Gasteiger partial charge >= 0.3 is 5.97 Å². The molecule has 0 saturated heterocycles. The number of carbonyl (C=O) groups excluding carboxylic acids is 2. The van der Waals surface area contributed by atoms with Crippen molar-refractivity contribution in [3.8, 4) is 12.1 Å². The Morgan fingerprint density at radius 1 is 1.16 bits per heavy atom. The molecule has 1 aliphatic rings. The van der Waals surface area contributed by atoms with Gasteiger partial charge < -0.3 is 9.64 Å². The predicted molar refractivity (Wildman–Crippen MR) is 111 cm³/mol. The molecule has 0 bridgehead atoms. The van der Waals surface area contributed by atoms with Crippen molar-refractivity contribution in [1.29, 1.82) is 10.5 Å². The van der Waals surface area contributed by atoms with Crippen molar-refractivity contribution in [2.75, 3.05) is 19.7 Å². The number of esters is 1. The Bertz CT molecular complexity index is 1090. The number of para-hydroxylation sites is 1. The van der Waals surface area contributed by atoms with Gasteiger partial charge in [0, 0.05) is 25.6 Å². The fourth-order valence-corrected chi connectivity index (χ4v) is 3.33. The molecule has 1 aliphatic carbocycles. The highest BCUT2D eigenvalue weighted by Crippen LogP contribution is 2.34. The molecule has 160 valence electrons. The third-order valence-electron chi connectivity index (χ3n) is 5.04. The highest BCUT2D eigenvalue weighted by atomic mass is 16.5. The van der Waals surface area contributed by atoms with Crippen LogP contribution in [0.1, 0.15) is 44.0 Å². The number of fused-ring (bicyclic) bond motifs is 1. The van der Waals surface area contributed by atoms with E-state index in [1.165, 1.54) is 4.90 Å². The van der Waals surface area contributed by atoms with Crippen LogP contribution in [0.25, 0.3) is 10.9 Å². The van der Waals surface area contributed by atoms with E-state index in [0.717, 1.165) is 12.8 Å². The first-order valence-corrected chi connectivity index (χ1v) is 10.2. The second-order valence-electron chi connectivity index (χ2n) is 7.31. The fourth-order valence-electron chi connectivity index (χ4n) is 3.33. The van der Waals surface area contributed by atoms with Gasteiger partial charge in [-0.2, -0.15) is 10.5 Å². The van der Waals surface area contributed by atoms with E-state index in [1.807, 2.05) is 18.2 Å². The third-order valence-corrected chi connectivity index (χ3v) is 5.04. The highest BCUT2D eigenvalue weighted by molar-refractivity contribution is 5.81. The SMILES string of the molecule is N#CCCN(CCC#N)C(=O)COC(=O)CCc1nc2ccccc2c(=O)n1C1CC1. The standard InChI is InChI=1S/C22H23N5O4/c23-11-3-13-26(14-4-12-24)20(28)15-31-21(29)10-9-19-25-18-6-2-1-5-17(18)22(30)27(19)16-7-8-16/h1-2,5-6,16H,3-4,7-10,13-15H2. The van der Waals surface area contributed by atoms with Crippen LogP contribution in [0.4, 0.5) is 0 Å². The first kappa shape index (κ1) is 22.0. The molecule has 0 spiro atoms. The lowest BCUT2D eigenvalue weighted by atomic mass is 10.2. The number of aryl methyl sites for hydroxylation is 1. The lowest BCUT2D eigenvalue weighted by molar-refractivity contribution is -0.152. The number of rotatable bonds is 10. The average Bonchev–Trinajstić information content (AvgIpc) is 3.61. The molecule has 1 aromatic carbocycles. The van der Waals surface area contributed by atoms with Crippen molar-refractivity contribution < 1.29 is 14.3 Å². The van der Waals surface area contributed by atoms with Gasteiger partial charge in [-0.05, 0) is 25.0 Å². The smallest absolute Gasteiger partial charge is 0.306 e. The first-order chi connectivity index (χ1) is 15.0. The summed E-state index contributed by atoms with van der Waals surface area (Å²) in [5.74, 6) is -0.477. The molecule has 0 radical (unpaired) electrons. The van der Waals surface area contributed by atoms with Crippen LogP contribution < -0.4 is 5.56 Å². The Morgan fingerprint density at radius 3 is 2.48 bits per heavy atom. The Balaban J connectivity index is 1.61.